The second-order valence-corrected chi connectivity index (χ2v) is 4.18. The molecule has 0 saturated carbocycles. The summed E-state index contributed by atoms with van der Waals surface area (Å²) in [5, 5.41) is 12.0. The van der Waals surface area contributed by atoms with Crippen molar-refractivity contribution in [2.45, 2.75) is 0 Å². The number of hydrogen-bond acceptors (Lipinski definition) is 6. The van der Waals surface area contributed by atoms with Gasteiger partial charge in [0.25, 0.3) is 11.1 Å². The summed E-state index contributed by atoms with van der Waals surface area (Å²) in [6.07, 6.45) is 4.36. The Bertz CT molecular complexity index is 587. The van der Waals surface area contributed by atoms with Crippen LogP contribution in [0.5, 0.6) is 0 Å². The van der Waals surface area contributed by atoms with Gasteiger partial charge in [0.1, 0.15) is 10.7 Å². The normalized spacial score (nSPS) is 17.7. The molecule has 1 aromatic rings. The molecule has 2 heterocycles. The molecule has 1 aliphatic heterocycles. The van der Waals surface area contributed by atoms with Crippen LogP contribution in [0.3, 0.4) is 0 Å². The lowest BCUT2D eigenvalue weighted by Crippen LogP contribution is -2.17. The van der Waals surface area contributed by atoms with Gasteiger partial charge in [0.05, 0.1) is 11.0 Å². The van der Waals surface area contributed by atoms with E-state index in [9.17, 15) is 19.7 Å². The van der Waals surface area contributed by atoms with Crippen LogP contribution in [0.2, 0.25) is 0 Å². The van der Waals surface area contributed by atoms with E-state index in [-0.39, 0.29) is 16.5 Å². The van der Waals surface area contributed by atoms with E-state index in [2.05, 4.69) is 5.32 Å². The lowest BCUT2D eigenvalue weighted by molar-refractivity contribution is -0.402. The number of nitrogens with one attached hydrogen (secondary N) is 1. The smallest absolute Gasteiger partial charge is 0.401 e. The summed E-state index contributed by atoms with van der Waals surface area (Å²) < 4.78 is 4.87. The Morgan fingerprint density at radius 3 is 2.72 bits per heavy atom. The molecule has 1 N–H and O–H groups in total. The van der Waals surface area contributed by atoms with Crippen molar-refractivity contribution >= 4 is 34.9 Å². The molecule has 0 aromatic carbocycles. The maximum atomic E-state index is 11.2. The molecule has 1 saturated heterocycles. The molecular weight excluding hydrogens is 260 g/mol. The minimum atomic E-state index is -0.644. The summed E-state index contributed by atoms with van der Waals surface area (Å²) in [7, 11) is 0. The number of furan rings is 1. The van der Waals surface area contributed by atoms with Crippen molar-refractivity contribution in [1.29, 1.82) is 0 Å². The summed E-state index contributed by atoms with van der Waals surface area (Å²) in [5.74, 6) is -0.529. The van der Waals surface area contributed by atoms with Crippen molar-refractivity contribution in [3.05, 3.63) is 45.1 Å². The van der Waals surface area contributed by atoms with Crippen molar-refractivity contribution in [3.63, 3.8) is 0 Å². The van der Waals surface area contributed by atoms with Crippen LogP contribution >= 0.6 is 11.8 Å². The molecule has 92 valence electrons. The third-order valence-corrected chi connectivity index (χ3v) is 2.77. The molecule has 0 aliphatic carbocycles. The highest BCUT2D eigenvalue weighted by atomic mass is 32.2. The SMILES string of the molecule is O=C1NC(=O)/C(=C/C=C/c2ccc([N+](=O)[O-])o2)S1. The lowest BCUT2D eigenvalue weighted by Gasteiger charge is -1.86. The fraction of sp³-hybridized carbons (Fsp3) is 0. The van der Waals surface area contributed by atoms with Gasteiger partial charge in [-0.1, -0.05) is 6.08 Å². The van der Waals surface area contributed by atoms with Crippen molar-refractivity contribution in [3.8, 4) is 0 Å². The number of amides is 2. The highest BCUT2D eigenvalue weighted by molar-refractivity contribution is 8.18. The van der Waals surface area contributed by atoms with Gasteiger partial charge in [-0.2, -0.15) is 0 Å². The third-order valence-electron chi connectivity index (χ3n) is 1.94. The maximum Gasteiger partial charge on any atom is 0.433 e. The van der Waals surface area contributed by atoms with Gasteiger partial charge in [0, 0.05) is 0 Å². The lowest BCUT2D eigenvalue weighted by atomic mass is 10.3. The molecule has 1 aromatic heterocycles. The molecule has 0 bridgehead atoms. The molecule has 2 rings (SSSR count). The number of rotatable bonds is 3. The Hall–Kier alpha value is -2.35. The topological polar surface area (TPSA) is 102 Å². The minimum Gasteiger partial charge on any atom is -0.401 e. The first kappa shape index (κ1) is 12.1. The zero-order valence-corrected chi connectivity index (χ0v) is 9.60. The number of carbonyl (C=O) groups excluding carboxylic acids is 2. The first-order chi connectivity index (χ1) is 8.56. The Labute approximate surface area is 105 Å². The standard InChI is InChI=1S/C10H6N2O5S/c13-9-7(18-10(14)11-9)3-1-2-6-4-5-8(17-6)12(15)16/h1-5H,(H,11,13,14)/b2-1+,7-3-. The molecule has 18 heavy (non-hydrogen) atoms. The summed E-state index contributed by atoms with van der Waals surface area (Å²) in [6.45, 7) is 0. The third kappa shape index (κ3) is 2.66. The van der Waals surface area contributed by atoms with Gasteiger partial charge in [-0.15, -0.1) is 0 Å². The molecule has 0 radical (unpaired) electrons. The first-order valence-electron chi connectivity index (χ1n) is 4.72. The fourth-order valence-electron chi connectivity index (χ4n) is 1.20. The Morgan fingerprint density at radius 1 is 1.39 bits per heavy atom. The number of imide groups is 1. The van der Waals surface area contributed by atoms with E-state index < -0.39 is 16.1 Å². The van der Waals surface area contributed by atoms with E-state index in [0.29, 0.717) is 0 Å². The number of nitrogens with zero attached hydrogens (tertiary/aromatic N) is 1. The zero-order chi connectivity index (χ0) is 13.1. The molecule has 0 spiro atoms. The van der Waals surface area contributed by atoms with Crippen LogP contribution in [0.1, 0.15) is 5.76 Å². The van der Waals surface area contributed by atoms with Crippen LogP contribution in [-0.4, -0.2) is 16.1 Å². The second kappa shape index (κ2) is 4.88. The fourth-order valence-corrected chi connectivity index (χ4v) is 1.83. The van der Waals surface area contributed by atoms with Crippen LogP contribution in [0.4, 0.5) is 10.7 Å². The van der Waals surface area contributed by atoms with E-state index in [1.54, 1.807) is 0 Å². The van der Waals surface area contributed by atoms with E-state index in [0.717, 1.165) is 11.8 Å². The number of hydrogen-bond donors (Lipinski definition) is 1. The van der Waals surface area contributed by atoms with Crippen LogP contribution < -0.4 is 5.32 Å². The Kier molecular flexibility index (Phi) is 3.28. The maximum absolute atomic E-state index is 11.2. The molecule has 1 aliphatic rings. The van der Waals surface area contributed by atoms with E-state index in [1.807, 2.05) is 0 Å². The van der Waals surface area contributed by atoms with Crippen molar-refractivity contribution in [1.82, 2.24) is 5.32 Å². The molecule has 7 nitrogen and oxygen atoms in total. The van der Waals surface area contributed by atoms with Gasteiger partial charge < -0.3 is 4.42 Å². The van der Waals surface area contributed by atoms with E-state index >= 15 is 0 Å². The average molecular weight is 266 g/mol. The molecule has 2 amide bonds. The minimum absolute atomic E-state index is 0.261. The number of carbonyl (C=O) groups is 2. The van der Waals surface area contributed by atoms with Crippen LogP contribution in [-0.2, 0) is 4.79 Å². The summed E-state index contributed by atoms with van der Waals surface area (Å²) in [6, 6.07) is 2.66. The molecule has 0 unspecified atom stereocenters. The highest BCUT2D eigenvalue weighted by Gasteiger charge is 2.24. The molecule has 8 heteroatoms. The van der Waals surface area contributed by atoms with Gasteiger partial charge in [-0.3, -0.25) is 25.0 Å². The first-order valence-corrected chi connectivity index (χ1v) is 5.53. The predicted molar refractivity (Wildman–Crippen MR) is 63.6 cm³/mol. The largest absolute Gasteiger partial charge is 0.433 e. The van der Waals surface area contributed by atoms with Crippen molar-refractivity contribution in [2.75, 3.05) is 0 Å². The summed E-state index contributed by atoms with van der Waals surface area (Å²) in [5.41, 5.74) is 0. The van der Waals surface area contributed by atoms with Crippen LogP contribution in [0, 0.1) is 10.1 Å². The Balaban J connectivity index is 2.07. The average Bonchev–Trinajstić information content (AvgIpc) is 2.87. The molecule has 0 atom stereocenters. The highest BCUT2D eigenvalue weighted by Crippen LogP contribution is 2.23. The number of allylic oxidation sites excluding steroid dienone is 2. The second-order valence-electron chi connectivity index (χ2n) is 3.17. The van der Waals surface area contributed by atoms with Crippen molar-refractivity contribution < 1.29 is 18.9 Å². The molecule has 1 fully saturated rings. The molecular formula is C10H6N2O5S. The van der Waals surface area contributed by atoms with Gasteiger partial charge in [0.15, 0.2) is 0 Å². The quantitative estimate of drug-likeness (QED) is 0.510. The van der Waals surface area contributed by atoms with Gasteiger partial charge >= 0.3 is 5.88 Å². The van der Waals surface area contributed by atoms with Gasteiger partial charge in [0.2, 0.25) is 0 Å². The van der Waals surface area contributed by atoms with E-state index in [4.69, 9.17) is 4.42 Å². The Morgan fingerprint density at radius 2 is 2.17 bits per heavy atom. The zero-order valence-electron chi connectivity index (χ0n) is 8.78. The van der Waals surface area contributed by atoms with Gasteiger partial charge in [-0.05, 0) is 30.0 Å². The van der Waals surface area contributed by atoms with Crippen LogP contribution in [0.15, 0.2) is 33.6 Å². The van der Waals surface area contributed by atoms with Gasteiger partial charge in [-0.25, -0.2) is 0 Å². The summed E-state index contributed by atoms with van der Waals surface area (Å²) >= 11 is 0.790. The summed E-state index contributed by atoms with van der Waals surface area (Å²) in [4.78, 5) is 32.0. The monoisotopic (exact) mass is 266 g/mol. The van der Waals surface area contributed by atoms with Crippen molar-refractivity contribution in [2.24, 2.45) is 0 Å². The predicted octanol–water partition coefficient (Wildman–Crippen LogP) is 2.07. The number of thioether (sulfide) groups is 1. The van der Waals surface area contributed by atoms with E-state index in [1.165, 1.54) is 30.4 Å². The number of nitro groups is 1. The van der Waals surface area contributed by atoms with Crippen LogP contribution in [0.25, 0.3) is 6.08 Å².